The lowest BCUT2D eigenvalue weighted by Gasteiger charge is -2.30. The minimum atomic E-state index is -3.81. The fourth-order valence-corrected chi connectivity index (χ4v) is 5.81. The van der Waals surface area contributed by atoms with E-state index in [9.17, 15) is 8.42 Å². The van der Waals surface area contributed by atoms with Gasteiger partial charge in [0.1, 0.15) is 5.60 Å². The van der Waals surface area contributed by atoms with E-state index in [0.29, 0.717) is 6.54 Å². The molecule has 0 bridgehead atoms. The first-order valence-electron chi connectivity index (χ1n) is 9.93. The number of likely N-dealkylation sites (N-methyl/N-ethyl adjacent to an activating group) is 1. The molecule has 4 rings (SSSR count). The zero-order chi connectivity index (χ0) is 19.8. The molecule has 0 aromatic heterocycles. The molecular weight excluding hydrogens is 372 g/mol. The van der Waals surface area contributed by atoms with E-state index in [2.05, 4.69) is 28.9 Å². The van der Waals surface area contributed by atoms with Gasteiger partial charge in [0.15, 0.2) is 0 Å². The minimum Gasteiger partial charge on any atom is -0.302 e. The van der Waals surface area contributed by atoms with Crippen molar-refractivity contribution in [3.63, 3.8) is 0 Å². The Morgan fingerprint density at radius 2 is 1.79 bits per heavy atom. The summed E-state index contributed by atoms with van der Waals surface area (Å²) in [7, 11) is -1.77. The fraction of sp³-hybridized carbons (Fsp3) is 0.455. The molecule has 0 amide bonds. The minimum absolute atomic E-state index is 0.0717. The molecule has 2 unspecified atom stereocenters. The van der Waals surface area contributed by atoms with Gasteiger partial charge in [-0.2, -0.15) is 8.42 Å². The van der Waals surface area contributed by atoms with Crippen LogP contribution in [0.1, 0.15) is 24.5 Å². The van der Waals surface area contributed by atoms with E-state index in [1.807, 2.05) is 37.4 Å². The molecule has 2 aromatic rings. The van der Waals surface area contributed by atoms with Crippen LogP contribution in [-0.2, 0) is 27.3 Å². The SMILES string of the molecule is CCc1ccc(S(=O)(=O)OC23CCN(Cc4ccccc4)C2CN(C)C3)cc1. The van der Waals surface area contributed by atoms with Crippen LogP contribution in [0.2, 0.25) is 0 Å². The first-order chi connectivity index (χ1) is 13.4. The highest BCUT2D eigenvalue weighted by Gasteiger charge is 2.55. The number of rotatable bonds is 6. The van der Waals surface area contributed by atoms with E-state index in [-0.39, 0.29) is 10.9 Å². The number of fused-ring (bicyclic) bond motifs is 1. The normalized spacial score (nSPS) is 25.9. The van der Waals surface area contributed by atoms with Crippen LogP contribution >= 0.6 is 0 Å². The van der Waals surface area contributed by atoms with Gasteiger partial charge in [0.2, 0.25) is 0 Å². The third-order valence-electron chi connectivity index (χ3n) is 6.02. The van der Waals surface area contributed by atoms with Crippen molar-refractivity contribution in [2.75, 3.05) is 26.7 Å². The zero-order valence-electron chi connectivity index (χ0n) is 16.5. The van der Waals surface area contributed by atoms with E-state index in [0.717, 1.165) is 38.0 Å². The number of benzene rings is 2. The van der Waals surface area contributed by atoms with E-state index in [1.54, 1.807) is 12.1 Å². The largest absolute Gasteiger partial charge is 0.302 e. The molecule has 5 nitrogen and oxygen atoms in total. The Morgan fingerprint density at radius 1 is 1.07 bits per heavy atom. The van der Waals surface area contributed by atoms with Gasteiger partial charge in [-0.1, -0.05) is 49.4 Å². The monoisotopic (exact) mass is 400 g/mol. The summed E-state index contributed by atoms with van der Waals surface area (Å²) in [5, 5.41) is 0. The van der Waals surface area contributed by atoms with Gasteiger partial charge in [-0.05, 0) is 43.1 Å². The molecular formula is C22H28N2O3S. The summed E-state index contributed by atoms with van der Waals surface area (Å²) >= 11 is 0. The van der Waals surface area contributed by atoms with Crippen LogP contribution in [0.25, 0.3) is 0 Å². The molecule has 2 heterocycles. The quantitative estimate of drug-likeness (QED) is 0.698. The smallest absolute Gasteiger partial charge is 0.297 e. The van der Waals surface area contributed by atoms with E-state index in [1.165, 1.54) is 5.56 Å². The Labute approximate surface area is 168 Å². The van der Waals surface area contributed by atoms with Crippen molar-refractivity contribution in [2.24, 2.45) is 0 Å². The van der Waals surface area contributed by atoms with Gasteiger partial charge in [-0.3, -0.25) is 9.08 Å². The predicted octanol–water partition coefficient (Wildman–Crippen LogP) is 2.91. The van der Waals surface area contributed by atoms with Crippen molar-refractivity contribution < 1.29 is 12.6 Å². The average Bonchev–Trinajstić information content (AvgIpc) is 3.16. The Bertz CT molecular complexity index is 915. The van der Waals surface area contributed by atoms with Crippen molar-refractivity contribution in [1.82, 2.24) is 9.80 Å². The van der Waals surface area contributed by atoms with Gasteiger partial charge in [0.05, 0.1) is 10.9 Å². The predicted molar refractivity (Wildman–Crippen MR) is 110 cm³/mol. The molecule has 2 fully saturated rings. The molecule has 0 aliphatic carbocycles. The highest BCUT2D eigenvalue weighted by atomic mass is 32.2. The number of likely N-dealkylation sites (tertiary alicyclic amines) is 2. The Morgan fingerprint density at radius 3 is 2.46 bits per heavy atom. The number of nitrogens with zero attached hydrogens (tertiary/aromatic N) is 2. The zero-order valence-corrected chi connectivity index (χ0v) is 17.4. The van der Waals surface area contributed by atoms with Crippen LogP contribution in [0.15, 0.2) is 59.5 Å². The molecule has 150 valence electrons. The molecule has 0 spiro atoms. The van der Waals surface area contributed by atoms with E-state index < -0.39 is 15.7 Å². The summed E-state index contributed by atoms with van der Waals surface area (Å²) in [5.41, 5.74) is 1.68. The lowest BCUT2D eigenvalue weighted by atomic mass is 9.98. The third kappa shape index (κ3) is 3.74. The van der Waals surface area contributed by atoms with Gasteiger partial charge >= 0.3 is 0 Å². The summed E-state index contributed by atoms with van der Waals surface area (Å²) < 4.78 is 32.1. The van der Waals surface area contributed by atoms with Gasteiger partial charge in [0, 0.05) is 26.2 Å². The molecule has 0 radical (unpaired) electrons. The average molecular weight is 401 g/mol. The summed E-state index contributed by atoms with van der Waals surface area (Å²) in [4.78, 5) is 4.79. The van der Waals surface area contributed by atoms with Crippen molar-refractivity contribution in [1.29, 1.82) is 0 Å². The highest BCUT2D eigenvalue weighted by Crippen LogP contribution is 2.41. The molecule has 2 aromatic carbocycles. The standard InChI is InChI=1S/C22H28N2O3S/c1-3-18-9-11-20(12-10-18)28(25,26)27-22-13-14-24(21(22)16-23(2)17-22)15-19-7-5-4-6-8-19/h4-12,21H,3,13-17H2,1-2H3. The maximum Gasteiger partial charge on any atom is 0.297 e. The summed E-state index contributed by atoms with van der Waals surface area (Å²) in [6.07, 6.45) is 1.60. The lowest BCUT2D eigenvalue weighted by molar-refractivity contribution is 0.0663. The Hall–Kier alpha value is -1.73. The Kier molecular flexibility index (Phi) is 5.31. The number of hydrogen-bond donors (Lipinski definition) is 0. The molecule has 2 atom stereocenters. The molecule has 28 heavy (non-hydrogen) atoms. The molecule has 2 aliphatic heterocycles. The van der Waals surface area contributed by atoms with Crippen molar-refractivity contribution in [2.45, 2.75) is 42.8 Å². The molecule has 2 aliphatic rings. The second-order valence-electron chi connectivity index (χ2n) is 8.02. The van der Waals surface area contributed by atoms with Crippen LogP contribution in [0.4, 0.5) is 0 Å². The van der Waals surface area contributed by atoms with Crippen molar-refractivity contribution >= 4 is 10.1 Å². The molecule has 0 saturated carbocycles. The molecule has 6 heteroatoms. The topological polar surface area (TPSA) is 49.9 Å². The maximum atomic E-state index is 13.0. The van der Waals surface area contributed by atoms with Crippen LogP contribution < -0.4 is 0 Å². The van der Waals surface area contributed by atoms with E-state index >= 15 is 0 Å². The first kappa shape index (κ1) is 19.6. The van der Waals surface area contributed by atoms with Crippen LogP contribution in [0, 0.1) is 0 Å². The molecule has 2 saturated heterocycles. The Balaban J connectivity index is 1.56. The summed E-state index contributed by atoms with van der Waals surface area (Å²) in [6, 6.07) is 17.5. The third-order valence-corrected chi connectivity index (χ3v) is 7.42. The lowest BCUT2D eigenvalue weighted by Crippen LogP contribution is -2.46. The number of hydrogen-bond acceptors (Lipinski definition) is 5. The fourth-order valence-electron chi connectivity index (χ4n) is 4.56. The van der Waals surface area contributed by atoms with Crippen LogP contribution in [0.5, 0.6) is 0 Å². The molecule has 0 N–H and O–H groups in total. The highest BCUT2D eigenvalue weighted by molar-refractivity contribution is 7.86. The second kappa shape index (κ2) is 7.59. The van der Waals surface area contributed by atoms with Crippen molar-refractivity contribution in [3.05, 3.63) is 65.7 Å². The van der Waals surface area contributed by atoms with E-state index in [4.69, 9.17) is 4.18 Å². The number of aryl methyl sites for hydroxylation is 1. The first-order valence-corrected chi connectivity index (χ1v) is 11.3. The summed E-state index contributed by atoms with van der Waals surface area (Å²) in [6.45, 7) is 5.16. The maximum absolute atomic E-state index is 13.0. The van der Waals surface area contributed by atoms with Gasteiger partial charge < -0.3 is 4.90 Å². The second-order valence-corrected chi connectivity index (χ2v) is 9.56. The van der Waals surface area contributed by atoms with Crippen LogP contribution in [-0.4, -0.2) is 56.5 Å². The van der Waals surface area contributed by atoms with Crippen molar-refractivity contribution in [3.8, 4) is 0 Å². The van der Waals surface area contributed by atoms with Gasteiger partial charge in [-0.25, -0.2) is 0 Å². The van der Waals surface area contributed by atoms with Gasteiger partial charge in [0.25, 0.3) is 10.1 Å². The van der Waals surface area contributed by atoms with Crippen LogP contribution in [0.3, 0.4) is 0 Å². The van der Waals surface area contributed by atoms with Gasteiger partial charge in [-0.15, -0.1) is 0 Å². The summed E-state index contributed by atoms with van der Waals surface area (Å²) in [5.74, 6) is 0.